The summed E-state index contributed by atoms with van der Waals surface area (Å²) in [5, 5.41) is 14.8. The number of carbonyl (C=O) groups excluding carboxylic acids is 1. The molecule has 0 saturated heterocycles. The van der Waals surface area contributed by atoms with E-state index in [4.69, 9.17) is 5.11 Å². The Balaban J connectivity index is 2.08. The second kappa shape index (κ2) is 7.11. The van der Waals surface area contributed by atoms with E-state index in [9.17, 15) is 9.59 Å². The largest absolute Gasteiger partial charge is 0.480 e. The molecule has 1 atom stereocenters. The molecule has 1 aromatic rings. The van der Waals surface area contributed by atoms with Gasteiger partial charge >= 0.3 is 5.97 Å². The normalized spacial score (nSPS) is 17.0. The van der Waals surface area contributed by atoms with Crippen LogP contribution in [0.15, 0.2) is 24.3 Å². The summed E-state index contributed by atoms with van der Waals surface area (Å²) in [6, 6.07) is 6.74. The second-order valence-electron chi connectivity index (χ2n) is 5.56. The van der Waals surface area contributed by atoms with E-state index >= 15 is 0 Å². The minimum Gasteiger partial charge on any atom is -0.480 e. The maximum absolute atomic E-state index is 12.2. The summed E-state index contributed by atoms with van der Waals surface area (Å²) < 4.78 is 0. The van der Waals surface area contributed by atoms with E-state index in [0.29, 0.717) is 11.6 Å². The van der Waals surface area contributed by atoms with Crippen LogP contribution in [-0.4, -0.2) is 29.1 Å². The molecule has 0 unspecified atom stereocenters. The van der Waals surface area contributed by atoms with E-state index in [2.05, 4.69) is 10.6 Å². The molecular weight excluding hydrogens is 268 g/mol. The number of carboxylic acids is 1. The highest BCUT2D eigenvalue weighted by atomic mass is 16.4. The van der Waals surface area contributed by atoms with Gasteiger partial charge in [-0.1, -0.05) is 31.4 Å². The summed E-state index contributed by atoms with van der Waals surface area (Å²) in [6.45, 7) is 1.46. The first-order valence-corrected chi connectivity index (χ1v) is 7.47. The standard InChI is InChI=1S/C16H22N2O3/c1-11(16(20)21)17-15(19)13-9-5-6-10-14(13)18-12-7-3-2-4-8-12/h5-6,9-12,18H,2-4,7-8H2,1H3,(H,17,19)(H,20,21)/t11-/m1/s1. The number of aliphatic carboxylic acids is 1. The predicted octanol–water partition coefficient (Wildman–Crippen LogP) is 2.63. The molecule has 1 aromatic carbocycles. The number of carbonyl (C=O) groups is 2. The summed E-state index contributed by atoms with van der Waals surface area (Å²) in [6.07, 6.45) is 5.92. The molecule has 114 valence electrons. The summed E-state index contributed by atoms with van der Waals surface area (Å²) in [7, 11) is 0. The summed E-state index contributed by atoms with van der Waals surface area (Å²) in [5.41, 5.74) is 1.27. The molecule has 1 amide bonds. The van der Waals surface area contributed by atoms with Crippen molar-refractivity contribution in [3.63, 3.8) is 0 Å². The Bertz CT molecular complexity index is 510. The van der Waals surface area contributed by atoms with E-state index in [1.165, 1.54) is 26.2 Å². The Morgan fingerprint density at radius 1 is 1.19 bits per heavy atom. The molecule has 1 aliphatic rings. The highest BCUT2D eigenvalue weighted by molar-refractivity contribution is 6.01. The van der Waals surface area contributed by atoms with E-state index in [0.717, 1.165) is 18.5 Å². The van der Waals surface area contributed by atoms with Crippen molar-refractivity contribution in [2.45, 2.75) is 51.1 Å². The Labute approximate surface area is 124 Å². The zero-order valence-corrected chi connectivity index (χ0v) is 12.3. The van der Waals surface area contributed by atoms with Crippen LogP contribution in [0.1, 0.15) is 49.4 Å². The second-order valence-corrected chi connectivity index (χ2v) is 5.56. The zero-order valence-electron chi connectivity index (χ0n) is 12.3. The maximum atomic E-state index is 12.2. The highest BCUT2D eigenvalue weighted by Gasteiger charge is 2.19. The van der Waals surface area contributed by atoms with E-state index in [1.54, 1.807) is 12.1 Å². The Kier molecular flexibility index (Phi) is 5.20. The molecule has 1 aliphatic carbocycles. The maximum Gasteiger partial charge on any atom is 0.325 e. The average molecular weight is 290 g/mol. The minimum atomic E-state index is -1.04. The van der Waals surface area contributed by atoms with Crippen LogP contribution >= 0.6 is 0 Å². The van der Waals surface area contributed by atoms with Gasteiger partial charge in [0.05, 0.1) is 5.56 Å². The van der Waals surface area contributed by atoms with Crippen molar-refractivity contribution in [1.29, 1.82) is 0 Å². The van der Waals surface area contributed by atoms with E-state index < -0.39 is 12.0 Å². The first-order chi connectivity index (χ1) is 10.1. The number of benzene rings is 1. The highest BCUT2D eigenvalue weighted by Crippen LogP contribution is 2.23. The lowest BCUT2D eigenvalue weighted by molar-refractivity contribution is -0.138. The molecule has 2 rings (SSSR count). The Morgan fingerprint density at radius 3 is 2.52 bits per heavy atom. The van der Waals surface area contributed by atoms with Gasteiger partial charge in [0.15, 0.2) is 0 Å². The molecule has 0 radical (unpaired) electrons. The number of rotatable bonds is 5. The van der Waals surface area contributed by atoms with Crippen LogP contribution in [0.4, 0.5) is 5.69 Å². The fraction of sp³-hybridized carbons (Fsp3) is 0.500. The van der Waals surface area contributed by atoms with Crippen molar-refractivity contribution >= 4 is 17.6 Å². The Hall–Kier alpha value is -2.04. The van der Waals surface area contributed by atoms with Crippen molar-refractivity contribution in [3.8, 4) is 0 Å². The van der Waals surface area contributed by atoms with Gasteiger partial charge in [0.25, 0.3) is 5.91 Å². The molecule has 3 N–H and O–H groups in total. The SMILES string of the molecule is C[C@@H](NC(=O)c1ccccc1NC1CCCCC1)C(=O)O. The van der Waals surface area contributed by atoms with Gasteiger partial charge < -0.3 is 15.7 Å². The number of carboxylic acid groups (broad SMARTS) is 1. The number of hydrogen-bond donors (Lipinski definition) is 3. The topological polar surface area (TPSA) is 78.4 Å². The molecule has 0 bridgehead atoms. The predicted molar refractivity (Wildman–Crippen MR) is 81.5 cm³/mol. The van der Waals surface area contributed by atoms with Crippen LogP contribution in [0.3, 0.4) is 0 Å². The van der Waals surface area contributed by atoms with Gasteiger partial charge in [-0.2, -0.15) is 0 Å². The number of amides is 1. The van der Waals surface area contributed by atoms with Crippen LogP contribution in [0, 0.1) is 0 Å². The third kappa shape index (κ3) is 4.21. The van der Waals surface area contributed by atoms with Gasteiger partial charge in [-0.3, -0.25) is 9.59 Å². The molecule has 0 spiro atoms. The molecule has 5 heteroatoms. The van der Waals surface area contributed by atoms with Crippen LogP contribution in [0.2, 0.25) is 0 Å². The minimum absolute atomic E-state index is 0.358. The van der Waals surface area contributed by atoms with E-state index in [1.807, 2.05) is 12.1 Å². The number of hydrogen-bond acceptors (Lipinski definition) is 3. The van der Waals surface area contributed by atoms with Crippen LogP contribution in [0.5, 0.6) is 0 Å². The molecule has 0 heterocycles. The molecule has 0 aromatic heterocycles. The molecule has 0 aliphatic heterocycles. The van der Waals surface area contributed by atoms with Gasteiger partial charge in [-0.05, 0) is 31.9 Å². The van der Waals surface area contributed by atoms with Crippen molar-refractivity contribution in [3.05, 3.63) is 29.8 Å². The fourth-order valence-corrected chi connectivity index (χ4v) is 2.61. The lowest BCUT2D eigenvalue weighted by atomic mass is 9.95. The monoisotopic (exact) mass is 290 g/mol. The first-order valence-electron chi connectivity index (χ1n) is 7.47. The van der Waals surface area contributed by atoms with Crippen molar-refractivity contribution < 1.29 is 14.7 Å². The lowest BCUT2D eigenvalue weighted by Crippen LogP contribution is -2.38. The van der Waals surface area contributed by atoms with Gasteiger partial charge in [-0.25, -0.2) is 0 Å². The van der Waals surface area contributed by atoms with Crippen LogP contribution in [0.25, 0.3) is 0 Å². The van der Waals surface area contributed by atoms with Crippen molar-refractivity contribution in [2.75, 3.05) is 5.32 Å². The Morgan fingerprint density at radius 2 is 1.86 bits per heavy atom. The number of anilines is 1. The molecule has 21 heavy (non-hydrogen) atoms. The zero-order chi connectivity index (χ0) is 15.2. The average Bonchev–Trinajstić information content (AvgIpc) is 2.48. The van der Waals surface area contributed by atoms with Crippen molar-refractivity contribution in [2.24, 2.45) is 0 Å². The van der Waals surface area contributed by atoms with Crippen LogP contribution in [-0.2, 0) is 4.79 Å². The third-order valence-corrected chi connectivity index (χ3v) is 3.85. The molecule has 1 fully saturated rings. The summed E-state index contributed by atoms with van der Waals surface area (Å²) in [5.74, 6) is -1.40. The molecular formula is C16H22N2O3. The van der Waals surface area contributed by atoms with Crippen molar-refractivity contribution in [1.82, 2.24) is 5.32 Å². The number of nitrogens with one attached hydrogen (secondary N) is 2. The summed E-state index contributed by atoms with van der Waals surface area (Å²) in [4.78, 5) is 23.0. The lowest BCUT2D eigenvalue weighted by Gasteiger charge is -2.25. The quantitative estimate of drug-likeness (QED) is 0.779. The van der Waals surface area contributed by atoms with Gasteiger partial charge in [0.1, 0.15) is 6.04 Å². The summed E-state index contributed by atoms with van der Waals surface area (Å²) >= 11 is 0. The fourth-order valence-electron chi connectivity index (χ4n) is 2.61. The van der Waals surface area contributed by atoms with Gasteiger partial charge in [0.2, 0.25) is 0 Å². The van der Waals surface area contributed by atoms with Crippen LogP contribution < -0.4 is 10.6 Å². The molecule has 5 nitrogen and oxygen atoms in total. The van der Waals surface area contributed by atoms with E-state index in [-0.39, 0.29) is 5.91 Å². The number of para-hydroxylation sites is 1. The smallest absolute Gasteiger partial charge is 0.325 e. The van der Waals surface area contributed by atoms with Gasteiger partial charge in [0, 0.05) is 11.7 Å². The molecule has 1 saturated carbocycles. The first kappa shape index (κ1) is 15.4. The van der Waals surface area contributed by atoms with Gasteiger partial charge in [-0.15, -0.1) is 0 Å². The third-order valence-electron chi connectivity index (χ3n) is 3.85.